The van der Waals surface area contributed by atoms with Crippen LogP contribution in [0.3, 0.4) is 0 Å². The average molecular weight is 246 g/mol. The monoisotopic (exact) mass is 246 g/mol. The van der Waals surface area contributed by atoms with Crippen LogP contribution < -0.4 is 0 Å². The van der Waals surface area contributed by atoms with Crippen molar-refractivity contribution in [2.75, 3.05) is 6.61 Å². The number of nitrogens with zero attached hydrogens (tertiary/aromatic N) is 2. The Hall–Kier alpha value is -1.24. The third kappa shape index (κ3) is 7.10. The zero-order chi connectivity index (χ0) is 12.4. The third-order valence-electron chi connectivity index (χ3n) is 1.82. The Labute approximate surface area is 96.8 Å². The average Bonchev–Trinajstić information content (AvgIpc) is 2.30. The van der Waals surface area contributed by atoms with E-state index >= 15 is 0 Å². The fourth-order valence-corrected chi connectivity index (χ4v) is 2.16. The van der Waals surface area contributed by atoms with Gasteiger partial charge in [-0.25, -0.2) is 9.59 Å². The molecule has 0 aromatic heterocycles. The predicted octanol–water partition coefficient (Wildman–Crippen LogP) is 2.89. The first kappa shape index (κ1) is 14.8. The van der Waals surface area contributed by atoms with Gasteiger partial charge in [0.2, 0.25) is 9.04 Å². The molecule has 2 amide bonds. The number of hydrogen-bond acceptors (Lipinski definition) is 4. The van der Waals surface area contributed by atoms with E-state index in [2.05, 4.69) is 15.0 Å². The molecule has 0 unspecified atom stereocenters. The predicted molar refractivity (Wildman–Crippen MR) is 61.1 cm³/mol. The molecule has 16 heavy (non-hydrogen) atoms. The van der Waals surface area contributed by atoms with Crippen molar-refractivity contribution in [1.29, 1.82) is 0 Å². The second-order valence-electron chi connectivity index (χ2n) is 3.14. The molecule has 0 spiro atoms. The Morgan fingerprint density at radius 1 is 1.06 bits per heavy atom. The van der Waals surface area contributed by atoms with Gasteiger partial charge in [-0.05, 0) is 18.5 Å². The van der Waals surface area contributed by atoms with Gasteiger partial charge in [0.05, 0.1) is 6.61 Å². The summed E-state index contributed by atoms with van der Waals surface area (Å²) in [4.78, 5) is 21.9. The lowest BCUT2D eigenvalue weighted by Gasteiger charge is -2.08. The van der Waals surface area contributed by atoms with Crippen LogP contribution in [0.1, 0.15) is 27.2 Å². The van der Waals surface area contributed by atoms with Gasteiger partial charge in [0.1, 0.15) is 0 Å². The van der Waals surface area contributed by atoms with Gasteiger partial charge in [-0.2, -0.15) is 0 Å². The summed E-state index contributed by atoms with van der Waals surface area (Å²) >= 11 is 0. The second kappa shape index (κ2) is 9.02. The molecule has 0 bridgehead atoms. The van der Waals surface area contributed by atoms with Gasteiger partial charge in [-0.3, -0.25) is 0 Å². The molecule has 0 radical (unpaired) electrons. The summed E-state index contributed by atoms with van der Waals surface area (Å²) in [6.07, 6.45) is -0.953. The summed E-state index contributed by atoms with van der Waals surface area (Å²) in [7, 11) is -1.49. The van der Waals surface area contributed by atoms with E-state index in [9.17, 15) is 9.59 Å². The van der Waals surface area contributed by atoms with Crippen molar-refractivity contribution >= 4 is 21.2 Å². The zero-order valence-corrected chi connectivity index (χ0v) is 11.1. The van der Waals surface area contributed by atoms with Crippen LogP contribution in [0.4, 0.5) is 9.59 Å². The Morgan fingerprint density at radius 3 is 2.12 bits per heavy atom. The van der Waals surface area contributed by atoms with Crippen LogP contribution in [0.25, 0.3) is 0 Å². The minimum Gasteiger partial charge on any atom is -0.504 e. The largest absolute Gasteiger partial charge is 0.504 e. The SMILES string of the molecule is CCCOC(=O)N=NC(=O)O[SiH](CC)CC. The molecule has 92 valence electrons. The summed E-state index contributed by atoms with van der Waals surface area (Å²) in [6, 6.07) is 1.69. The van der Waals surface area contributed by atoms with Crippen molar-refractivity contribution in [3.8, 4) is 0 Å². The molecular formula is C9H18N2O4Si. The molecule has 0 aliphatic carbocycles. The minimum atomic E-state index is -1.49. The van der Waals surface area contributed by atoms with Gasteiger partial charge in [-0.1, -0.05) is 31.0 Å². The van der Waals surface area contributed by atoms with E-state index in [-0.39, 0.29) is 6.61 Å². The topological polar surface area (TPSA) is 77.3 Å². The molecule has 0 aromatic rings. The normalized spacial score (nSPS) is 10.8. The molecule has 0 N–H and O–H groups in total. The van der Waals surface area contributed by atoms with Crippen LogP contribution >= 0.6 is 0 Å². The Balaban J connectivity index is 3.93. The van der Waals surface area contributed by atoms with E-state index in [1.807, 2.05) is 20.8 Å². The molecule has 6 nitrogen and oxygen atoms in total. The summed E-state index contributed by atoms with van der Waals surface area (Å²) in [5.41, 5.74) is 0. The highest BCUT2D eigenvalue weighted by Gasteiger charge is 2.12. The van der Waals surface area contributed by atoms with E-state index < -0.39 is 21.2 Å². The van der Waals surface area contributed by atoms with Crippen molar-refractivity contribution in [1.82, 2.24) is 0 Å². The van der Waals surface area contributed by atoms with Crippen LogP contribution in [0.15, 0.2) is 10.2 Å². The fourth-order valence-electron chi connectivity index (χ4n) is 0.921. The van der Waals surface area contributed by atoms with E-state index in [0.29, 0.717) is 6.42 Å². The molecule has 7 heteroatoms. The molecule has 0 saturated heterocycles. The molecule has 0 aromatic carbocycles. The van der Waals surface area contributed by atoms with Crippen molar-refractivity contribution in [3.05, 3.63) is 0 Å². The maximum atomic E-state index is 11.1. The smallest absolute Gasteiger partial charge is 0.452 e. The Bertz CT molecular complexity index is 254. The molecule has 0 aliphatic heterocycles. The first-order chi connectivity index (χ1) is 7.63. The number of carbonyl (C=O) groups is 2. The number of azo groups is 1. The van der Waals surface area contributed by atoms with Gasteiger partial charge in [0, 0.05) is 0 Å². The summed E-state index contributed by atoms with van der Waals surface area (Å²) in [6.45, 7) is 6.05. The van der Waals surface area contributed by atoms with Gasteiger partial charge in [-0.15, -0.1) is 0 Å². The molecule has 0 saturated carbocycles. The summed E-state index contributed by atoms with van der Waals surface area (Å²) in [5.74, 6) is 0. The van der Waals surface area contributed by atoms with Crippen molar-refractivity contribution < 1.29 is 18.8 Å². The summed E-state index contributed by atoms with van der Waals surface area (Å²) in [5, 5.41) is 6.23. The van der Waals surface area contributed by atoms with Crippen LogP contribution in [0.2, 0.25) is 12.1 Å². The highest BCUT2D eigenvalue weighted by molar-refractivity contribution is 6.53. The second-order valence-corrected chi connectivity index (χ2v) is 6.25. The standard InChI is InChI=1S/C9H18N2O4Si/c1-4-7-14-8(12)10-11-9(13)15-16(5-2)6-3/h16H,4-7H2,1-3H3. The lowest BCUT2D eigenvalue weighted by molar-refractivity contribution is 0.154. The fraction of sp³-hybridized carbons (Fsp3) is 0.778. The molecule has 0 atom stereocenters. The van der Waals surface area contributed by atoms with Crippen LogP contribution in [0, 0.1) is 0 Å². The Morgan fingerprint density at radius 2 is 1.62 bits per heavy atom. The minimum absolute atomic E-state index is 0.272. The van der Waals surface area contributed by atoms with Crippen LogP contribution in [0.5, 0.6) is 0 Å². The molecule has 0 rings (SSSR count). The molecule has 0 fully saturated rings. The zero-order valence-electron chi connectivity index (χ0n) is 9.93. The van der Waals surface area contributed by atoms with Gasteiger partial charge in [0.25, 0.3) is 0 Å². The third-order valence-corrected chi connectivity index (χ3v) is 4.18. The summed E-state index contributed by atoms with van der Waals surface area (Å²) < 4.78 is 9.64. The lowest BCUT2D eigenvalue weighted by atomic mass is 10.5. The number of rotatable bonds is 5. The molecular weight excluding hydrogens is 228 g/mol. The number of hydrogen-bond donors (Lipinski definition) is 0. The van der Waals surface area contributed by atoms with Crippen LogP contribution in [-0.4, -0.2) is 27.8 Å². The van der Waals surface area contributed by atoms with Crippen molar-refractivity contribution in [2.45, 2.75) is 39.3 Å². The highest BCUT2D eigenvalue weighted by Crippen LogP contribution is 2.02. The Kier molecular flexibility index (Phi) is 8.32. The maximum absolute atomic E-state index is 11.1. The molecule has 0 heterocycles. The van der Waals surface area contributed by atoms with E-state index in [4.69, 9.17) is 4.43 Å². The highest BCUT2D eigenvalue weighted by atomic mass is 28.3. The number of amides is 2. The van der Waals surface area contributed by atoms with Crippen molar-refractivity contribution in [3.63, 3.8) is 0 Å². The first-order valence-electron chi connectivity index (χ1n) is 5.43. The number of carbonyl (C=O) groups excluding carboxylic acids is 2. The van der Waals surface area contributed by atoms with Gasteiger partial charge in [0.15, 0.2) is 0 Å². The van der Waals surface area contributed by atoms with Gasteiger partial charge < -0.3 is 9.16 Å². The maximum Gasteiger partial charge on any atom is 0.452 e. The first-order valence-corrected chi connectivity index (χ1v) is 7.53. The lowest BCUT2D eigenvalue weighted by Crippen LogP contribution is -2.18. The van der Waals surface area contributed by atoms with E-state index in [1.165, 1.54) is 0 Å². The van der Waals surface area contributed by atoms with Gasteiger partial charge >= 0.3 is 12.2 Å². The van der Waals surface area contributed by atoms with E-state index in [1.54, 1.807) is 0 Å². The molecule has 0 aliphatic rings. The number of ether oxygens (including phenoxy) is 1. The van der Waals surface area contributed by atoms with Crippen LogP contribution in [-0.2, 0) is 9.16 Å². The van der Waals surface area contributed by atoms with Crippen molar-refractivity contribution in [2.24, 2.45) is 10.2 Å². The quantitative estimate of drug-likeness (QED) is 0.552. The van der Waals surface area contributed by atoms with E-state index in [0.717, 1.165) is 12.1 Å².